The third-order valence-corrected chi connectivity index (χ3v) is 5.15. The van der Waals surface area contributed by atoms with Crippen LogP contribution in [-0.2, 0) is 6.42 Å². The van der Waals surface area contributed by atoms with Crippen molar-refractivity contribution in [3.8, 4) is 28.0 Å². The normalized spacial score (nSPS) is 14.7. The molecule has 1 aromatic heterocycles. The van der Waals surface area contributed by atoms with Crippen molar-refractivity contribution < 1.29 is 22.7 Å². The van der Waals surface area contributed by atoms with Gasteiger partial charge in [-0.15, -0.1) is 11.3 Å². The molecule has 7 heteroatoms. The van der Waals surface area contributed by atoms with Gasteiger partial charge in [-0.05, 0) is 35.7 Å². The zero-order valence-corrected chi connectivity index (χ0v) is 14.4. The average Bonchev–Trinajstić information content (AvgIpc) is 3.23. The number of alkyl halides is 2. The zero-order valence-electron chi connectivity index (χ0n) is 13.6. The van der Waals surface area contributed by atoms with E-state index in [-0.39, 0.29) is 28.2 Å². The van der Waals surface area contributed by atoms with E-state index < -0.39 is 23.9 Å². The Balaban J connectivity index is 1.84. The van der Waals surface area contributed by atoms with E-state index >= 15 is 0 Å². The van der Waals surface area contributed by atoms with E-state index in [4.69, 9.17) is 10.00 Å². The number of ketones is 1. The largest absolute Gasteiger partial charge is 0.457 e. The lowest BCUT2D eigenvalue weighted by Crippen LogP contribution is -2.23. The fourth-order valence-corrected chi connectivity index (χ4v) is 3.85. The molecule has 1 aliphatic carbocycles. The Kier molecular flexibility index (Phi) is 4.01. The summed E-state index contributed by atoms with van der Waals surface area (Å²) in [7, 11) is 0. The molecule has 4 rings (SSSR count). The summed E-state index contributed by atoms with van der Waals surface area (Å²) in [5, 5.41) is 10.7. The van der Waals surface area contributed by atoms with E-state index in [9.17, 15) is 18.0 Å². The summed E-state index contributed by atoms with van der Waals surface area (Å²) in [6, 6.07) is 11.7. The van der Waals surface area contributed by atoms with Crippen molar-refractivity contribution in [1.82, 2.24) is 0 Å². The van der Waals surface area contributed by atoms with Gasteiger partial charge in [0.05, 0.1) is 11.6 Å². The van der Waals surface area contributed by atoms with Gasteiger partial charge in [-0.3, -0.25) is 4.79 Å². The maximum atomic E-state index is 14.1. The van der Waals surface area contributed by atoms with Crippen LogP contribution < -0.4 is 4.74 Å². The number of halogens is 3. The van der Waals surface area contributed by atoms with Crippen LogP contribution in [0.25, 0.3) is 10.4 Å². The molecular weight excluding hydrogens is 375 g/mol. The van der Waals surface area contributed by atoms with Crippen molar-refractivity contribution in [3.05, 3.63) is 70.4 Å². The van der Waals surface area contributed by atoms with Crippen molar-refractivity contribution in [2.45, 2.75) is 12.3 Å². The highest BCUT2D eigenvalue weighted by molar-refractivity contribution is 7.13. The second kappa shape index (κ2) is 6.25. The maximum absolute atomic E-state index is 14.1. The quantitative estimate of drug-likeness (QED) is 0.590. The Morgan fingerprint density at radius 2 is 2.00 bits per heavy atom. The van der Waals surface area contributed by atoms with E-state index in [1.807, 2.05) is 0 Å². The van der Waals surface area contributed by atoms with Crippen molar-refractivity contribution >= 4 is 17.1 Å². The molecule has 0 bridgehead atoms. The van der Waals surface area contributed by atoms with Crippen molar-refractivity contribution in [3.63, 3.8) is 0 Å². The molecule has 0 saturated carbocycles. The van der Waals surface area contributed by atoms with Crippen LogP contribution in [0.3, 0.4) is 0 Å². The Bertz CT molecular complexity index is 1100. The van der Waals surface area contributed by atoms with Crippen LogP contribution in [0.4, 0.5) is 13.2 Å². The minimum atomic E-state index is -3.52. The van der Waals surface area contributed by atoms with Gasteiger partial charge >= 0.3 is 5.92 Å². The molecule has 0 aliphatic heterocycles. The maximum Gasteiger partial charge on any atom is 0.313 e. The molecule has 0 spiro atoms. The summed E-state index contributed by atoms with van der Waals surface area (Å²) < 4.78 is 47.5. The first-order valence-electron chi connectivity index (χ1n) is 7.90. The van der Waals surface area contributed by atoms with Crippen LogP contribution in [0.2, 0.25) is 0 Å². The molecule has 0 N–H and O–H groups in total. The first-order chi connectivity index (χ1) is 12.9. The molecule has 1 heterocycles. The van der Waals surface area contributed by atoms with Crippen LogP contribution >= 0.6 is 11.3 Å². The lowest BCUT2D eigenvalue weighted by Gasteiger charge is -2.12. The molecule has 0 unspecified atom stereocenters. The molecule has 134 valence electrons. The van der Waals surface area contributed by atoms with E-state index in [1.165, 1.54) is 23.5 Å². The Labute approximate surface area is 156 Å². The highest BCUT2D eigenvalue weighted by Crippen LogP contribution is 2.45. The van der Waals surface area contributed by atoms with Crippen LogP contribution in [0.1, 0.15) is 21.5 Å². The minimum absolute atomic E-state index is 0.000268. The summed E-state index contributed by atoms with van der Waals surface area (Å²) in [5.41, 5.74) is 0.472. The van der Waals surface area contributed by atoms with Gasteiger partial charge in [-0.2, -0.15) is 14.0 Å². The first kappa shape index (κ1) is 17.3. The monoisotopic (exact) mass is 385 g/mol. The summed E-state index contributed by atoms with van der Waals surface area (Å²) in [6.07, 6.45) is -0.782. The van der Waals surface area contributed by atoms with Crippen LogP contribution in [0, 0.1) is 17.1 Å². The van der Waals surface area contributed by atoms with Crippen LogP contribution in [-0.4, -0.2) is 11.7 Å². The Hall–Kier alpha value is -3.11. The van der Waals surface area contributed by atoms with Gasteiger partial charge in [0, 0.05) is 34.1 Å². The summed E-state index contributed by atoms with van der Waals surface area (Å²) >= 11 is 1.34. The molecule has 0 atom stereocenters. The number of Topliss-reactive ketones (excluding diaryl/α,β-unsaturated/α-hetero) is 1. The smallest absolute Gasteiger partial charge is 0.313 e. The fourth-order valence-electron chi connectivity index (χ4n) is 3.09. The Morgan fingerprint density at radius 1 is 1.19 bits per heavy atom. The van der Waals surface area contributed by atoms with Gasteiger partial charge < -0.3 is 4.74 Å². The number of hydrogen-bond donors (Lipinski definition) is 0. The first-order valence-corrected chi connectivity index (χ1v) is 8.78. The van der Waals surface area contributed by atoms with E-state index in [0.717, 1.165) is 12.1 Å². The zero-order chi connectivity index (χ0) is 19.2. The number of fused-ring (bicyclic) bond motifs is 1. The number of rotatable bonds is 3. The lowest BCUT2D eigenvalue weighted by molar-refractivity contribution is 0.0167. The lowest BCUT2D eigenvalue weighted by atomic mass is 10.0. The summed E-state index contributed by atoms with van der Waals surface area (Å²) in [5.74, 6) is -5.40. The number of carbonyl (C=O) groups excluding carboxylic acids is 1. The van der Waals surface area contributed by atoms with E-state index in [0.29, 0.717) is 10.4 Å². The molecule has 1 aliphatic rings. The number of thiophene rings is 1. The topological polar surface area (TPSA) is 50.1 Å². The molecule has 0 saturated heterocycles. The number of ether oxygens (including phenoxy) is 1. The third-order valence-electron chi connectivity index (χ3n) is 4.24. The molecule has 3 nitrogen and oxygen atoms in total. The van der Waals surface area contributed by atoms with E-state index in [2.05, 4.69) is 0 Å². The number of hydrogen-bond acceptors (Lipinski definition) is 4. The SMILES string of the molecule is N#Cc1cc(F)cc(Oc2ccc(-c3cccs3)c3c2CC(F)(F)C3=O)c1. The van der Waals surface area contributed by atoms with Crippen LogP contribution in [0.15, 0.2) is 47.8 Å². The molecule has 0 fully saturated rings. The standard InChI is InChI=1S/C20H10F3NO2S/c21-12-6-11(10-24)7-13(8-12)26-16-4-3-14(17-2-1-5-27-17)18-15(16)9-20(22,23)19(18)25/h1-8H,9H2. The predicted octanol–water partition coefficient (Wildman–Crippen LogP) is 5.59. The van der Waals surface area contributed by atoms with Crippen molar-refractivity contribution in [2.75, 3.05) is 0 Å². The molecule has 0 amide bonds. The Morgan fingerprint density at radius 3 is 2.70 bits per heavy atom. The average molecular weight is 385 g/mol. The number of benzene rings is 2. The number of nitriles is 1. The fraction of sp³-hybridized carbons (Fsp3) is 0.100. The highest BCUT2D eigenvalue weighted by atomic mass is 32.1. The van der Waals surface area contributed by atoms with Gasteiger partial charge in [0.1, 0.15) is 17.3 Å². The predicted molar refractivity (Wildman–Crippen MR) is 93.9 cm³/mol. The van der Waals surface area contributed by atoms with Gasteiger partial charge in [0.25, 0.3) is 0 Å². The summed E-state index contributed by atoms with van der Waals surface area (Å²) in [4.78, 5) is 13.0. The van der Waals surface area contributed by atoms with Gasteiger partial charge in [0.2, 0.25) is 5.78 Å². The van der Waals surface area contributed by atoms with Crippen molar-refractivity contribution in [1.29, 1.82) is 5.26 Å². The molecule has 0 radical (unpaired) electrons. The summed E-state index contributed by atoms with van der Waals surface area (Å²) in [6.45, 7) is 0. The second-order valence-electron chi connectivity index (χ2n) is 6.04. The van der Waals surface area contributed by atoms with E-state index in [1.54, 1.807) is 29.6 Å². The van der Waals surface area contributed by atoms with Crippen molar-refractivity contribution in [2.24, 2.45) is 0 Å². The van der Waals surface area contributed by atoms with Gasteiger partial charge in [-0.25, -0.2) is 4.39 Å². The van der Waals surface area contributed by atoms with Gasteiger partial charge in [-0.1, -0.05) is 6.07 Å². The minimum Gasteiger partial charge on any atom is -0.457 e. The van der Waals surface area contributed by atoms with Crippen LogP contribution in [0.5, 0.6) is 11.5 Å². The molecule has 3 aromatic rings. The highest BCUT2D eigenvalue weighted by Gasteiger charge is 2.49. The second-order valence-corrected chi connectivity index (χ2v) is 6.99. The number of carbonyl (C=O) groups is 1. The third kappa shape index (κ3) is 2.98. The molecular formula is C20H10F3NO2S. The molecule has 27 heavy (non-hydrogen) atoms. The number of nitrogens with zero attached hydrogens (tertiary/aromatic N) is 1. The van der Waals surface area contributed by atoms with Gasteiger partial charge in [0.15, 0.2) is 0 Å². The molecule has 2 aromatic carbocycles.